The lowest BCUT2D eigenvalue weighted by Crippen LogP contribution is -2.66. The summed E-state index contributed by atoms with van der Waals surface area (Å²) in [5, 5.41) is 6.15. The zero-order chi connectivity index (χ0) is 21.9. The number of amides is 2. The molecule has 29 heavy (non-hydrogen) atoms. The molecule has 2 amide bonds. The van der Waals surface area contributed by atoms with Crippen LogP contribution in [0.1, 0.15) is 83.4 Å². The van der Waals surface area contributed by atoms with Crippen molar-refractivity contribution >= 4 is 12.0 Å². The molecule has 7 heteroatoms. The highest BCUT2D eigenvalue weighted by atomic mass is 16.6. The molecule has 2 heterocycles. The smallest absolute Gasteiger partial charge is 0.408 e. The minimum absolute atomic E-state index is 0. The van der Waals surface area contributed by atoms with Gasteiger partial charge >= 0.3 is 6.09 Å². The van der Waals surface area contributed by atoms with Crippen molar-refractivity contribution in [3.8, 4) is 0 Å². The van der Waals surface area contributed by atoms with Crippen LogP contribution in [-0.4, -0.2) is 65.4 Å². The number of alkyl carbamates (subject to hydrolysis) is 1. The highest BCUT2D eigenvalue weighted by Crippen LogP contribution is 2.30. The third kappa shape index (κ3) is 6.32. The molecule has 2 fully saturated rings. The minimum Gasteiger partial charge on any atom is -0.444 e. The maximum Gasteiger partial charge on any atom is 0.408 e. The number of likely N-dealkylation sites (tertiary alicyclic amines) is 1. The van der Waals surface area contributed by atoms with Gasteiger partial charge in [0.05, 0.1) is 0 Å². The molecule has 0 radical (unpaired) electrons. The summed E-state index contributed by atoms with van der Waals surface area (Å²) in [6.45, 7) is 17.1. The summed E-state index contributed by atoms with van der Waals surface area (Å²) < 4.78 is 10.9. The molecule has 172 valence electrons. The van der Waals surface area contributed by atoms with E-state index in [1.807, 2.05) is 20.8 Å². The highest BCUT2D eigenvalue weighted by Gasteiger charge is 2.45. The molecule has 0 atom stereocenters. The molecular formula is C22H45N3O4. The van der Waals surface area contributed by atoms with Crippen LogP contribution in [0.3, 0.4) is 0 Å². The predicted octanol–water partition coefficient (Wildman–Crippen LogP) is 3.71. The van der Waals surface area contributed by atoms with Gasteiger partial charge in [-0.3, -0.25) is 9.69 Å². The summed E-state index contributed by atoms with van der Waals surface area (Å²) in [5.41, 5.74) is -1.70. The Morgan fingerprint density at radius 1 is 1.03 bits per heavy atom. The number of rotatable bonds is 5. The number of nitrogens with zero attached hydrogens (tertiary/aromatic N) is 1. The van der Waals surface area contributed by atoms with Crippen LogP contribution in [0.4, 0.5) is 4.79 Å². The van der Waals surface area contributed by atoms with Crippen molar-refractivity contribution in [1.82, 2.24) is 15.5 Å². The van der Waals surface area contributed by atoms with Crippen LogP contribution in [0.5, 0.6) is 0 Å². The Labute approximate surface area is 179 Å². The molecular weight excluding hydrogens is 370 g/mol. The van der Waals surface area contributed by atoms with E-state index in [1.54, 1.807) is 0 Å². The lowest BCUT2D eigenvalue weighted by Gasteiger charge is -2.48. The molecule has 2 saturated heterocycles. The van der Waals surface area contributed by atoms with Crippen LogP contribution in [0.2, 0.25) is 0 Å². The summed E-state index contributed by atoms with van der Waals surface area (Å²) in [6, 6.07) is 0. The van der Waals surface area contributed by atoms with Crippen LogP contribution >= 0.6 is 0 Å². The first-order chi connectivity index (χ1) is 13.3. The monoisotopic (exact) mass is 415 g/mol. The Morgan fingerprint density at radius 3 is 2.07 bits per heavy atom. The molecule has 0 saturated carbocycles. The normalized spacial score (nSPS) is 22.6. The van der Waals surface area contributed by atoms with Crippen molar-refractivity contribution in [3.63, 3.8) is 0 Å². The van der Waals surface area contributed by atoms with Crippen LogP contribution in [0.25, 0.3) is 0 Å². The van der Waals surface area contributed by atoms with Gasteiger partial charge in [0, 0.05) is 53.1 Å². The Bertz CT molecular complexity index is 594. The van der Waals surface area contributed by atoms with E-state index >= 15 is 0 Å². The second-order valence-electron chi connectivity index (χ2n) is 10.5. The fraction of sp³-hybridized carbons (Fsp3) is 0.909. The van der Waals surface area contributed by atoms with Crippen LogP contribution in [-0.2, 0) is 14.3 Å². The van der Waals surface area contributed by atoms with E-state index in [1.165, 1.54) is 0 Å². The standard InChI is InChI=1S/C22H41N3O4.2H2/c1-8-20(5,6)25-13-9-21(7,10-14-25)23-17(26)22(11-15-28-16-12-22)24-18(27)29-19(2,3)4;;/h8-16H2,1-7H3,(H,23,26)(H,24,27);2*1H. The van der Waals surface area contributed by atoms with Gasteiger partial charge in [-0.25, -0.2) is 4.79 Å². The molecule has 0 aromatic heterocycles. The Hall–Kier alpha value is -1.34. The first kappa shape index (κ1) is 23.9. The van der Waals surface area contributed by atoms with E-state index in [2.05, 4.69) is 43.2 Å². The molecule has 0 unspecified atom stereocenters. The molecule has 0 aliphatic carbocycles. The first-order valence-electron chi connectivity index (χ1n) is 11.0. The van der Waals surface area contributed by atoms with Crippen molar-refractivity contribution in [2.45, 2.75) is 103 Å². The van der Waals surface area contributed by atoms with Gasteiger partial charge in [0.2, 0.25) is 5.91 Å². The van der Waals surface area contributed by atoms with E-state index in [-0.39, 0.29) is 19.8 Å². The quantitative estimate of drug-likeness (QED) is 0.715. The molecule has 0 bridgehead atoms. The number of carbonyl (C=O) groups excluding carboxylic acids is 2. The van der Waals surface area contributed by atoms with Gasteiger partial charge in [-0.15, -0.1) is 0 Å². The number of ether oxygens (including phenoxy) is 2. The third-order valence-electron chi connectivity index (χ3n) is 6.52. The van der Waals surface area contributed by atoms with Crippen molar-refractivity contribution < 1.29 is 21.9 Å². The number of hydrogen-bond acceptors (Lipinski definition) is 5. The lowest BCUT2D eigenvalue weighted by atomic mass is 9.83. The molecule has 2 rings (SSSR count). The van der Waals surface area contributed by atoms with E-state index < -0.39 is 17.2 Å². The Morgan fingerprint density at radius 2 is 1.59 bits per heavy atom. The zero-order valence-corrected chi connectivity index (χ0v) is 19.4. The Balaban J connectivity index is 0.00000450. The van der Waals surface area contributed by atoms with E-state index in [4.69, 9.17) is 9.47 Å². The molecule has 0 aromatic rings. The van der Waals surface area contributed by atoms with E-state index in [0.29, 0.717) is 26.1 Å². The maximum absolute atomic E-state index is 13.4. The minimum atomic E-state index is -0.983. The third-order valence-corrected chi connectivity index (χ3v) is 6.52. The van der Waals surface area contributed by atoms with Crippen molar-refractivity contribution in [2.24, 2.45) is 0 Å². The summed E-state index contributed by atoms with van der Waals surface area (Å²) in [5.74, 6) is -0.127. The predicted molar refractivity (Wildman–Crippen MR) is 118 cm³/mol. The average molecular weight is 416 g/mol. The molecule has 2 aliphatic rings. The van der Waals surface area contributed by atoms with Crippen LogP contribution < -0.4 is 10.6 Å². The van der Waals surface area contributed by atoms with Gasteiger partial charge in [0.15, 0.2) is 0 Å². The zero-order valence-electron chi connectivity index (χ0n) is 19.4. The van der Waals surface area contributed by atoms with Crippen molar-refractivity contribution in [2.75, 3.05) is 26.3 Å². The van der Waals surface area contributed by atoms with Gasteiger partial charge < -0.3 is 20.1 Å². The second-order valence-corrected chi connectivity index (χ2v) is 10.5. The summed E-state index contributed by atoms with van der Waals surface area (Å²) in [7, 11) is 0. The molecule has 2 N–H and O–H groups in total. The van der Waals surface area contributed by atoms with Crippen molar-refractivity contribution in [3.05, 3.63) is 0 Å². The number of hydrogen-bond donors (Lipinski definition) is 2. The van der Waals surface area contributed by atoms with E-state index in [0.717, 1.165) is 32.4 Å². The average Bonchev–Trinajstić information content (AvgIpc) is 2.60. The molecule has 0 aromatic carbocycles. The number of carbonyl (C=O) groups is 2. The lowest BCUT2D eigenvalue weighted by molar-refractivity contribution is -0.134. The maximum atomic E-state index is 13.4. The number of piperidine rings is 1. The van der Waals surface area contributed by atoms with Crippen molar-refractivity contribution in [1.29, 1.82) is 0 Å². The molecule has 0 spiro atoms. The molecule has 2 aliphatic heterocycles. The van der Waals surface area contributed by atoms with Crippen LogP contribution in [0.15, 0.2) is 0 Å². The Kier molecular flexibility index (Phi) is 7.26. The fourth-order valence-electron chi connectivity index (χ4n) is 3.98. The molecule has 7 nitrogen and oxygen atoms in total. The summed E-state index contributed by atoms with van der Waals surface area (Å²) >= 11 is 0. The van der Waals surface area contributed by atoms with E-state index in [9.17, 15) is 9.59 Å². The van der Waals surface area contributed by atoms with Gasteiger partial charge in [-0.1, -0.05) is 6.92 Å². The van der Waals surface area contributed by atoms with Gasteiger partial charge in [-0.05, 0) is 60.8 Å². The van der Waals surface area contributed by atoms with Gasteiger partial charge in [0.25, 0.3) is 0 Å². The van der Waals surface area contributed by atoms with Gasteiger partial charge in [0.1, 0.15) is 11.1 Å². The van der Waals surface area contributed by atoms with Gasteiger partial charge in [-0.2, -0.15) is 0 Å². The second kappa shape index (κ2) is 8.80. The first-order valence-corrected chi connectivity index (χ1v) is 11.0. The van der Waals surface area contributed by atoms with Crippen LogP contribution in [0, 0.1) is 0 Å². The number of nitrogens with one attached hydrogen (secondary N) is 2. The summed E-state index contributed by atoms with van der Waals surface area (Å²) in [4.78, 5) is 28.3. The largest absolute Gasteiger partial charge is 0.444 e. The highest BCUT2D eigenvalue weighted by molar-refractivity contribution is 5.90. The topological polar surface area (TPSA) is 79.9 Å². The SMILES string of the molecule is CCC(C)(C)N1CCC(C)(NC(=O)C2(NC(=O)OC(C)(C)C)CCOCC2)CC1.[HH].[HH]. The fourth-order valence-corrected chi connectivity index (χ4v) is 3.98. The summed E-state index contributed by atoms with van der Waals surface area (Å²) in [6.07, 6.45) is 3.22.